The molecule has 0 saturated carbocycles. The SMILES string of the molecule is CCC(Cc1ccccc1-c1ccccc1C)c1ccc(-n2c3c(c4cc5ccccc5cc42)C2SC3c3ccccc32)cc1. The van der Waals surface area contributed by atoms with Gasteiger partial charge in [0, 0.05) is 22.3 Å². The van der Waals surface area contributed by atoms with Gasteiger partial charge in [-0.05, 0) is 99.7 Å². The van der Waals surface area contributed by atoms with E-state index in [0.29, 0.717) is 16.4 Å². The second-order valence-corrected chi connectivity index (χ2v) is 14.0. The second-order valence-electron chi connectivity index (χ2n) is 12.7. The highest BCUT2D eigenvalue weighted by Crippen LogP contribution is 2.66. The predicted molar refractivity (Wildman–Crippen MR) is 192 cm³/mol. The van der Waals surface area contributed by atoms with Crippen molar-refractivity contribution in [1.29, 1.82) is 0 Å². The Balaban J connectivity index is 1.13. The van der Waals surface area contributed by atoms with Gasteiger partial charge in [-0.15, -0.1) is 11.8 Å². The first-order chi connectivity index (χ1) is 22.2. The lowest BCUT2D eigenvalue weighted by molar-refractivity contribution is 0.661. The molecule has 7 aromatic rings. The Kier molecular flexibility index (Phi) is 6.28. The number of aromatic nitrogens is 1. The van der Waals surface area contributed by atoms with Gasteiger partial charge in [0.1, 0.15) is 0 Å². The van der Waals surface area contributed by atoms with Crippen molar-refractivity contribution in [2.45, 2.75) is 43.1 Å². The summed E-state index contributed by atoms with van der Waals surface area (Å²) in [4.78, 5) is 0. The van der Waals surface area contributed by atoms with Gasteiger partial charge in [0.05, 0.1) is 16.0 Å². The molecule has 0 aliphatic carbocycles. The lowest BCUT2D eigenvalue weighted by Crippen LogP contribution is -2.08. The first kappa shape index (κ1) is 26.8. The van der Waals surface area contributed by atoms with E-state index >= 15 is 0 Å². The van der Waals surface area contributed by atoms with E-state index in [4.69, 9.17) is 0 Å². The average molecular weight is 598 g/mol. The van der Waals surface area contributed by atoms with E-state index in [1.807, 2.05) is 0 Å². The summed E-state index contributed by atoms with van der Waals surface area (Å²) in [5, 5.41) is 4.80. The lowest BCUT2D eigenvalue weighted by atomic mass is 9.86. The van der Waals surface area contributed by atoms with Crippen LogP contribution in [0, 0.1) is 6.92 Å². The zero-order chi connectivity index (χ0) is 30.1. The van der Waals surface area contributed by atoms with Gasteiger partial charge in [-0.1, -0.05) is 116 Å². The lowest BCUT2D eigenvalue weighted by Gasteiger charge is -2.21. The van der Waals surface area contributed by atoms with E-state index in [1.165, 1.54) is 77.6 Å². The second kappa shape index (κ2) is 10.5. The van der Waals surface area contributed by atoms with Crippen LogP contribution in [-0.4, -0.2) is 4.57 Å². The summed E-state index contributed by atoms with van der Waals surface area (Å²) >= 11 is 2.12. The first-order valence-corrected chi connectivity index (χ1v) is 17.2. The molecule has 2 heteroatoms. The zero-order valence-corrected chi connectivity index (χ0v) is 26.5. The molecule has 2 aliphatic rings. The maximum Gasteiger partial charge on any atom is 0.0719 e. The molecule has 0 saturated heterocycles. The largest absolute Gasteiger partial charge is 0.312 e. The summed E-state index contributed by atoms with van der Waals surface area (Å²) in [5.74, 6) is 0.457. The quantitative estimate of drug-likeness (QED) is 0.185. The molecule has 0 amide bonds. The number of rotatable bonds is 6. The smallest absolute Gasteiger partial charge is 0.0719 e. The fraction of sp³-hybridized carbons (Fsp3) is 0.163. The van der Waals surface area contributed by atoms with Gasteiger partial charge in [-0.3, -0.25) is 0 Å². The number of nitrogens with zero attached hydrogens (tertiary/aromatic N) is 1. The van der Waals surface area contributed by atoms with Crippen LogP contribution >= 0.6 is 11.8 Å². The van der Waals surface area contributed by atoms with Gasteiger partial charge in [0.15, 0.2) is 0 Å². The fourth-order valence-electron chi connectivity index (χ4n) is 8.03. The summed E-state index contributed by atoms with van der Waals surface area (Å²) in [5.41, 5.74) is 15.5. The molecule has 9 rings (SSSR count). The molecule has 2 aliphatic heterocycles. The van der Waals surface area contributed by atoms with E-state index in [9.17, 15) is 0 Å². The van der Waals surface area contributed by atoms with Gasteiger partial charge in [-0.25, -0.2) is 0 Å². The molecule has 218 valence electrons. The normalized spacial score (nSPS) is 17.1. The van der Waals surface area contributed by atoms with Crippen LogP contribution in [0.15, 0.2) is 133 Å². The molecule has 3 unspecified atom stereocenters. The van der Waals surface area contributed by atoms with Crippen LogP contribution in [0.1, 0.15) is 68.8 Å². The number of aryl methyl sites for hydroxylation is 1. The Labute approximate surface area is 269 Å². The van der Waals surface area contributed by atoms with Crippen molar-refractivity contribution in [1.82, 2.24) is 4.57 Å². The molecular formula is C43H35NS. The monoisotopic (exact) mass is 597 g/mol. The Bertz CT molecular complexity index is 2240. The van der Waals surface area contributed by atoms with Crippen molar-refractivity contribution in [3.63, 3.8) is 0 Å². The first-order valence-electron chi connectivity index (χ1n) is 16.2. The molecule has 3 heterocycles. The van der Waals surface area contributed by atoms with Crippen LogP contribution in [-0.2, 0) is 6.42 Å². The van der Waals surface area contributed by atoms with Gasteiger partial charge in [-0.2, -0.15) is 0 Å². The van der Waals surface area contributed by atoms with Crippen LogP contribution in [0.25, 0.3) is 38.5 Å². The summed E-state index contributed by atoms with van der Waals surface area (Å²) in [6, 6.07) is 50.1. The third kappa shape index (κ3) is 4.16. The number of benzene rings is 6. The minimum atomic E-state index is 0.373. The van der Waals surface area contributed by atoms with E-state index in [1.54, 1.807) is 0 Å². The third-order valence-corrected chi connectivity index (χ3v) is 11.8. The number of thioether (sulfide) groups is 1. The molecule has 1 nitrogen and oxygen atoms in total. The molecule has 0 fully saturated rings. The van der Waals surface area contributed by atoms with Crippen molar-refractivity contribution in [2.75, 3.05) is 0 Å². The van der Waals surface area contributed by atoms with Crippen LogP contribution in [0.3, 0.4) is 0 Å². The van der Waals surface area contributed by atoms with Crippen LogP contribution in [0.4, 0.5) is 0 Å². The summed E-state index contributed by atoms with van der Waals surface area (Å²) in [6.45, 7) is 4.55. The molecule has 6 aromatic carbocycles. The van der Waals surface area contributed by atoms with Crippen LogP contribution in [0.2, 0.25) is 0 Å². The van der Waals surface area contributed by atoms with Gasteiger partial charge >= 0.3 is 0 Å². The number of fused-ring (bicyclic) bond motifs is 11. The summed E-state index contributed by atoms with van der Waals surface area (Å²) < 4.78 is 2.59. The Morgan fingerprint density at radius 2 is 1.31 bits per heavy atom. The molecule has 3 atom stereocenters. The highest BCUT2D eigenvalue weighted by molar-refractivity contribution is 8.00. The van der Waals surface area contributed by atoms with E-state index < -0.39 is 0 Å². The maximum absolute atomic E-state index is 2.59. The van der Waals surface area contributed by atoms with Gasteiger partial charge in [0.25, 0.3) is 0 Å². The van der Waals surface area contributed by atoms with Crippen molar-refractivity contribution in [3.05, 3.63) is 173 Å². The average Bonchev–Trinajstić information content (AvgIpc) is 3.75. The Hall–Kier alpha value is -4.53. The molecule has 45 heavy (non-hydrogen) atoms. The molecule has 0 spiro atoms. The van der Waals surface area contributed by atoms with E-state index in [2.05, 4.69) is 164 Å². The topological polar surface area (TPSA) is 4.93 Å². The highest BCUT2D eigenvalue weighted by atomic mass is 32.2. The summed E-state index contributed by atoms with van der Waals surface area (Å²) in [6.07, 6.45) is 2.14. The minimum absolute atomic E-state index is 0.373. The Morgan fingerprint density at radius 1 is 0.667 bits per heavy atom. The number of hydrogen-bond donors (Lipinski definition) is 0. The molecule has 1 aromatic heterocycles. The molecule has 0 radical (unpaired) electrons. The minimum Gasteiger partial charge on any atom is -0.312 e. The van der Waals surface area contributed by atoms with Crippen molar-refractivity contribution in [3.8, 4) is 16.8 Å². The van der Waals surface area contributed by atoms with Gasteiger partial charge in [0.2, 0.25) is 0 Å². The third-order valence-electron chi connectivity index (χ3n) is 10.3. The standard InChI is InChI=1S/C43H35NS/c1-3-28(24-32-15-7-9-17-35(32)34-16-8-4-12-27(34)2)29-20-22-33(23-21-29)44-39-26-31-14-6-5-13-30(31)25-38(39)40-41(44)43-37-19-11-10-18-36(37)42(40)45-43/h4-23,25-26,28,42-43H,3,24H2,1-2H3. The molecular weight excluding hydrogens is 563 g/mol. The maximum atomic E-state index is 2.59. The van der Waals surface area contributed by atoms with Crippen LogP contribution < -0.4 is 0 Å². The fourth-order valence-corrected chi connectivity index (χ4v) is 9.77. The van der Waals surface area contributed by atoms with E-state index in [-0.39, 0.29) is 0 Å². The molecule has 2 bridgehead atoms. The number of hydrogen-bond acceptors (Lipinski definition) is 1. The van der Waals surface area contributed by atoms with E-state index in [0.717, 1.165) is 12.8 Å². The van der Waals surface area contributed by atoms with Crippen molar-refractivity contribution in [2.24, 2.45) is 0 Å². The van der Waals surface area contributed by atoms with Crippen LogP contribution in [0.5, 0.6) is 0 Å². The highest BCUT2D eigenvalue weighted by Gasteiger charge is 2.46. The molecule has 0 N–H and O–H groups in total. The van der Waals surface area contributed by atoms with Crippen molar-refractivity contribution >= 4 is 33.4 Å². The Morgan fingerprint density at radius 3 is 2.07 bits per heavy atom. The summed E-state index contributed by atoms with van der Waals surface area (Å²) in [7, 11) is 0. The van der Waals surface area contributed by atoms with Crippen molar-refractivity contribution < 1.29 is 0 Å². The van der Waals surface area contributed by atoms with Gasteiger partial charge < -0.3 is 4.57 Å². The zero-order valence-electron chi connectivity index (χ0n) is 25.7. The predicted octanol–water partition coefficient (Wildman–Crippen LogP) is 11.7.